The number of carbonyl (C=O) groups is 1. The Morgan fingerprint density at radius 2 is 2.25 bits per heavy atom. The van der Waals surface area contributed by atoms with Gasteiger partial charge in [0.05, 0.1) is 5.56 Å². The molecular formula is C11H16N4O. The van der Waals surface area contributed by atoms with Crippen molar-refractivity contribution in [2.45, 2.75) is 6.04 Å². The summed E-state index contributed by atoms with van der Waals surface area (Å²) < 4.78 is 0. The molecule has 5 heteroatoms. The zero-order chi connectivity index (χ0) is 11.7. The number of hydrogen-bond donors (Lipinski definition) is 1. The Morgan fingerprint density at radius 3 is 2.81 bits per heavy atom. The van der Waals surface area contributed by atoms with Crippen LogP contribution in [0.4, 0.5) is 5.82 Å². The third kappa shape index (κ3) is 1.86. The van der Waals surface area contributed by atoms with E-state index < -0.39 is 0 Å². The Morgan fingerprint density at radius 1 is 1.56 bits per heavy atom. The summed E-state index contributed by atoms with van der Waals surface area (Å²) in [6.45, 7) is 1.53. The predicted octanol–water partition coefficient (Wildman–Crippen LogP) is 0.0498. The number of nitrogen functional groups attached to an aromatic ring is 1. The lowest BCUT2D eigenvalue weighted by Gasteiger charge is -2.42. The lowest BCUT2D eigenvalue weighted by Crippen LogP contribution is -2.59. The molecule has 0 aromatic carbocycles. The van der Waals surface area contributed by atoms with Crippen LogP contribution in [0.15, 0.2) is 18.3 Å². The van der Waals surface area contributed by atoms with Crippen molar-refractivity contribution in [1.82, 2.24) is 14.8 Å². The highest BCUT2D eigenvalue weighted by molar-refractivity contribution is 5.98. The summed E-state index contributed by atoms with van der Waals surface area (Å²) in [6.07, 6.45) is 1.59. The Balaban J connectivity index is 2.03. The van der Waals surface area contributed by atoms with Gasteiger partial charge in [0.1, 0.15) is 5.82 Å². The van der Waals surface area contributed by atoms with Gasteiger partial charge >= 0.3 is 0 Å². The van der Waals surface area contributed by atoms with Crippen molar-refractivity contribution < 1.29 is 4.79 Å². The van der Waals surface area contributed by atoms with E-state index in [1.807, 2.05) is 14.1 Å². The third-order valence-electron chi connectivity index (χ3n) is 2.95. The third-order valence-corrected chi connectivity index (χ3v) is 2.95. The molecule has 0 bridgehead atoms. The molecule has 1 aromatic rings. The van der Waals surface area contributed by atoms with Crippen molar-refractivity contribution in [1.29, 1.82) is 0 Å². The molecule has 1 aliphatic heterocycles. The number of likely N-dealkylation sites (tertiary alicyclic amines) is 1. The molecule has 2 rings (SSSR count). The maximum Gasteiger partial charge on any atom is 0.257 e. The molecule has 0 radical (unpaired) electrons. The molecule has 0 atom stereocenters. The minimum Gasteiger partial charge on any atom is -0.383 e. The molecule has 16 heavy (non-hydrogen) atoms. The summed E-state index contributed by atoms with van der Waals surface area (Å²) in [5.74, 6) is 0.282. The highest BCUT2D eigenvalue weighted by atomic mass is 16.2. The van der Waals surface area contributed by atoms with Gasteiger partial charge in [-0.3, -0.25) is 4.79 Å². The summed E-state index contributed by atoms with van der Waals surface area (Å²) >= 11 is 0. The Hall–Kier alpha value is -1.62. The molecule has 86 valence electrons. The molecule has 0 unspecified atom stereocenters. The van der Waals surface area contributed by atoms with E-state index in [2.05, 4.69) is 9.88 Å². The molecular weight excluding hydrogens is 204 g/mol. The van der Waals surface area contributed by atoms with Gasteiger partial charge in [0.15, 0.2) is 0 Å². The number of likely N-dealkylation sites (N-methyl/N-ethyl adjacent to an activating group) is 1. The lowest BCUT2D eigenvalue weighted by atomic mass is 10.1. The van der Waals surface area contributed by atoms with Crippen molar-refractivity contribution in [3.63, 3.8) is 0 Å². The maximum absolute atomic E-state index is 12.0. The summed E-state index contributed by atoms with van der Waals surface area (Å²) in [5.41, 5.74) is 6.16. The van der Waals surface area contributed by atoms with Crippen molar-refractivity contribution in [3.05, 3.63) is 23.9 Å². The highest BCUT2D eigenvalue weighted by Gasteiger charge is 2.33. The van der Waals surface area contributed by atoms with Crippen LogP contribution in [0.25, 0.3) is 0 Å². The second-order valence-corrected chi connectivity index (χ2v) is 4.26. The Kier molecular flexibility index (Phi) is 2.78. The maximum atomic E-state index is 12.0. The van der Waals surface area contributed by atoms with Crippen LogP contribution in [0, 0.1) is 0 Å². The van der Waals surface area contributed by atoms with Gasteiger partial charge in [-0.2, -0.15) is 0 Å². The summed E-state index contributed by atoms with van der Waals surface area (Å²) in [7, 11) is 4.04. The van der Waals surface area contributed by atoms with Gasteiger partial charge in [-0.25, -0.2) is 4.98 Å². The molecule has 5 nitrogen and oxygen atoms in total. The average molecular weight is 220 g/mol. The Labute approximate surface area is 94.9 Å². The van der Waals surface area contributed by atoms with Gasteiger partial charge in [-0.15, -0.1) is 0 Å². The number of carbonyl (C=O) groups excluding carboxylic acids is 1. The minimum atomic E-state index is -0.0244. The minimum absolute atomic E-state index is 0.0244. The van der Waals surface area contributed by atoms with Crippen LogP contribution in [0.2, 0.25) is 0 Å². The SMILES string of the molecule is CN(C)C1CN(C(=O)c2cccnc2N)C1. The van der Waals surface area contributed by atoms with E-state index in [-0.39, 0.29) is 5.91 Å². The normalized spacial score (nSPS) is 16.3. The molecule has 1 saturated heterocycles. The second-order valence-electron chi connectivity index (χ2n) is 4.26. The van der Waals surface area contributed by atoms with Crippen molar-refractivity contribution in [3.8, 4) is 0 Å². The summed E-state index contributed by atoms with van der Waals surface area (Å²) in [5, 5.41) is 0. The number of pyridine rings is 1. The second kappa shape index (κ2) is 4.09. The van der Waals surface area contributed by atoms with Gasteiger partial charge in [-0.1, -0.05) is 0 Å². The molecule has 1 aromatic heterocycles. The smallest absolute Gasteiger partial charge is 0.257 e. The molecule has 0 aliphatic carbocycles. The van der Waals surface area contributed by atoms with Crippen LogP contribution < -0.4 is 5.73 Å². The molecule has 2 N–H and O–H groups in total. The molecule has 0 spiro atoms. The van der Waals surface area contributed by atoms with Crippen LogP contribution in [0.5, 0.6) is 0 Å². The van der Waals surface area contributed by atoms with Gasteiger partial charge in [-0.05, 0) is 26.2 Å². The van der Waals surface area contributed by atoms with Gasteiger partial charge in [0.2, 0.25) is 0 Å². The van der Waals surface area contributed by atoms with E-state index in [0.29, 0.717) is 17.4 Å². The van der Waals surface area contributed by atoms with Gasteiger partial charge in [0.25, 0.3) is 5.91 Å². The lowest BCUT2D eigenvalue weighted by molar-refractivity contribution is 0.0400. The van der Waals surface area contributed by atoms with Crippen LogP contribution >= 0.6 is 0 Å². The van der Waals surface area contributed by atoms with E-state index in [4.69, 9.17) is 5.73 Å². The quantitative estimate of drug-likeness (QED) is 0.765. The molecule has 2 heterocycles. The van der Waals surface area contributed by atoms with Gasteiger partial charge < -0.3 is 15.5 Å². The van der Waals surface area contributed by atoms with E-state index in [9.17, 15) is 4.79 Å². The highest BCUT2D eigenvalue weighted by Crippen LogP contribution is 2.18. The van der Waals surface area contributed by atoms with Crippen LogP contribution in [0.3, 0.4) is 0 Å². The summed E-state index contributed by atoms with van der Waals surface area (Å²) in [6, 6.07) is 3.90. The average Bonchev–Trinajstić information content (AvgIpc) is 2.15. The zero-order valence-corrected chi connectivity index (χ0v) is 9.55. The van der Waals surface area contributed by atoms with Crippen molar-refractivity contribution in [2.75, 3.05) is 32.9 Å². The fourth-order valence-electron chi connectivity index (χ4n) is 1.72. The number of nitrogens with two attached hydrogens (primary N) is 1. The molecule has 1 aliphatic rings. The van der Waals surface area contributed by atoms with E-state index in [1.165, 1.54) is 0 Å². The fourth-order valence-corrected chi connectivity index (χ4v) is 1.72. The largest absolute Gasteiger partial charge is 0.383 e. The van der Waals surface area contributed by atoms with E-state index >= 15 is 0 Å². The number of nitrogens with zero attached hydrogens (tertiary/aromatic N) is 3. The topological polar surface area (TPSA) is 62.5 Å². The molecule has 0 saturated carbocycles. The first-order valence-electron chi connectivity index (χ1n) is 5.26. The number of hydrogen-bond acceptors (Lipinski definition) is 4. The number of aromatic nitrogens is 1. The number of rotatable bonds is 2. The molecule has 1 fully saturated rings. The number of amides is 1. The zero-order valence-electron chi connectivity index (χ0n) is 9.55. The van der Waals surface area contributed by atoms with Crippen LogP contribution in [0.1, 0.15) is 10.4 Å². The monoisotopic (exact) mass is 220 g/mol. The van der Waals surface area contributed by atoms with Crippen molar-refractivity contribution >= 4 is 11.7 Å². The van der Waals surface area contributed by atoms with Crippen molar-refractivity contribution in [2.24, 2.45) is 0 Å². The molecule has 1 amide bonds. The first-order valence-corrected chi connectivity index (χ1v) is 5.26. The van der Waals surface area contributed by atoms with E-state index in [0.717, 1.165) is 13.1 Å². The van der Waals surface area contributed by atoms with E-state index in [1.54, 1.807) is 23.2 Å². The number of anilines is 1. The first-order chi connectivity index (χ1) is 7.59. The summed E-state index contributed by atoms with van der Waals surface area (Å²) in [4.78, 5) is 19.8. The fraction of sp³-hybridized carbons (Fsp3) is 0.455. The Bertz CT molecular complexity index is 399. The predicted molar refractivity (Wildman–Crippen MR) is 62.0 cm³/mol. The van der Waals surface area contributed by atoms with Crippen LogP contribution in [-0.4, -0.2) is 53.9 Å². The van der Waals surface area contributed by atoms with Gasteiger partial charge in [0, 0.05) is 25.3 Å². The van der Waals surface area contributed by atoms with Crippen LogP contribution in [-0.2, 0) is 0 Å². The first kappa shape index (κ1) is 10.9. The standard InChI is InChI=1S/C11H16N4O/c1-14(2)8-6-15(7-8)11(16)9-4-3-5-13-10(9)12/h3-5,8H,6-7H2,1-2H3,(H2,12,13).